The van der Waals surface area contributed by atoms with Crippen LogP contribution in [0.5, 0.6) is 0 Å². The Bertz CT molecular complexity index is 371. The molecule has 5 heteroatoms. The van der Waals surface area contributed by atoms with Crippen LogP contribution in [0.15, 0.2) is 18.5 Å². The van der Waals surface area contributed by atoms with Crippen molar-refractivity contribution in [2.75, 3.05) is 5.33 Å². The fraction of sp³-hybridized carbons (Fsp3) is 0.455. The van der Waals surface area contributed by atoms with E-state index in [1.165, 1.54) is 6.20 Å². The lowest BCUT2D eigenvalue weighted by Gasteiger charge is -2.20. The maximum absolute atomic E-state index is 11.9. The van der Waals surface area contributed by atoms with Crippen molar-refractivity contribution >= 4 is 33.4 Å². The maximum Gasteiger partial charge on any atom is 0.253 e. The predicted molar refractivity (Wildman–Crippen MR) is 69.1 cm³/mol. The molecule has 1 amide bonds. The number of nitrogens with one attached hydrogen (secondary N) is 1. The molecule has 1 heterocycles. The van der Waals surface area contributed by atoms with Gasteiger partial charge in [0.1, 0.15) is 0 Å². The van der Waals surface area contributed by atoms with Crippen molar-refractivity contribution in [2.45, 2.75) is 19.9 Å². The zero-order valence-electron chi connectivity index (χ0n) is 9.21. The first-order chi connectivity index (χ1) is 7.56. The highest BCUT2D eigenvalue weighted by Gasteiger charge is 2.17. The Morgan fingerprint density at radius 2 is 2.31 bits per heavy atom. The Labute approximate surface area is 109 Å². The van der Waals surface area contributed by atoms with Gasteiger partial charge in [-0.05, 0) is 12.0 Å². The van der Waals surface area contributed by atoms with Gasteiger partial charge in [0.15, 0.2) is 0 Å². The highest BCUT2D eigenvalue weighted by atomic mass is 79.9. The Balaban J connectivity index is 2.76. The van der Waals surface area contributed by atoms with E-state index in [1.807, 2.05) is 0 Å². The Morgan fingerprint density at radius 3 is 2.81 bits per heavy atom. The van der Waals surface area contributed by atoms with Gasteiger partial charge in [-0.3, -0.25) is 9.78 Å². The molecule has 0 radical (unpaired) electrons. The largest absolute Gasteiger partial charge is 0.348 e. The molecule has 1 rings (SSSR count). The lowest BCUT2D eigenvalue weighted by atomic mass is 10.1. The SMILES string of the molecule is CC(C)C(CBr)NC(=O)c1ccncc1Cl. The molecule has 1 atom stereocenters. The molecule has 1 aromatic rings. The Hall–Kier alpha value is -0.610. The Morgan fingerprint density at radius 1 is 1.62 bits per heavy atom. The number of carbonyl (C=O) groups excluding carboxylic acids is 1. The van der Waals surface area contributed by atoms with Gasteiger partial charge in [-0.2, -0.15) is 0 Å². The highest BCUT2D eigenvalue weighted by molar-refractivity contribution is 9.09. The van der Waals surface area contributed by atoms with Gasteiger partial charge in [0, 0.05) is 23.8 Å². The molecule has 0 bridgehead atoms. The van der Waals surface area contributed by atoms with Crippen LogP contribution in [0.2, 0.25) is 5.02 Å². The van der Waals surface area contributed by atoms with E-state index in [0.717, 1.165) is 5.33 Å². The molecule has 0 saturated carbocycles. The number of aromatic nitrogens is 1. The van der Waals surface area contributed by atoms with Crippen LogP contribution in [0.1, 0.15) is 24.2 Å². The molecule has 1 unspecified atom stereocenters. The van der Waals surface area contributed by atoms with Crippen molar-refractivity contribution in [3.8, 4) is 0 Å². The second kappa shape index (κ2) is 6.21. The zero-order chi connectivity index (χ0) is 12.1. The van der Waals surface area contributed by atoms with Crippen molar-refractivity contribution in [3.63, 3.8) is 0 Å². The van der Waals surface area contributed by atoms with Crippen LogP contribution in [-0.2, 0) is 0 Å². The number of carbonyl (C=O) groups is 1. The first-order valence-electron chi connectivity index (χ1n) is 5.02. The molecule has 0 saturated heterocycles. The van der Waals surface area contributed by atoms with Crippen LogP contribution >= 0.6 is 27.5 Å². The number of hydrogen-bond donors (Lipinski definition) is 1. The molecule has 0 aliphatic heterocycles. The van der Waals surface area contributed by atoms with Crippen LogP contribution in [0.3, 0.4) is 0 Å². The molecule has 0 spiro atoms. The molecule has 0 aromatic carbocycles. The first-order valence-corrected chi connectivity index (χ1v) is 6.52. The van der Waals surface area contributed by atoms with E-state index < -0.39 is 0 Å². The molecule has 0 aliphatic carbocycles. The normalized spacial score (nSPS) is 12.6. The van der Waals surface area contributed by atoms with Gasteiger partial charge in [0.2, 0.25) is 0 Å². The minimum Gasteiger partial charge on any atom is -0.348 e. The first kappa shape index (κ1) is 13.5. The standard InChI is InChI=1S/C11H14BrClN2O/c1-7(2)10(5-12)15-11(16)8-3-4-14-6-9(8)13/h3-4,6-7,10H,5H2,1-2H3,(H,15,16). The van der Waals surface area contributed by atoms with Crippen molar-refractivity contribution in [2.24, 2.45) is 5.92 Å². The molecule has 0 aliphatic rings. The minimum absolute atomic E-state index is 0.0942. The average molecular weight is 306 g/mol. The summed E-state index contributed by atoms with van der Waals surface area (Å²) in [5, 5.41) is 4.02. The number of pyridine rings is 1. The van der Waals surface area contributed by atoms with Crippen LogP contribution in [0.25, 0.3) is 0 Å². The van der Waals surface area contributed by atoms with E-state index in [-0.39, 0.29) is 11.9 Å². The van der Waals surface area contributed by atoms with Crippen molar-refractivity contribution < 1.29 is 4.79 Å². The summed E-state index contributed by atoms with van der Waals surface area (Å²) in [5.41, 5.74) is 0.461. The average Bonchev–Trinajstić information content (AvgIpc) is 2.25. The molecular formula is C11H14BrClN2O. The number of halogens is 2. The van der Waals surface area contributed by atoms with Gasteiger partial charge in [-0.15, -0.1) is 0 Å². The topological polar surface area (TPSA) is 42.0 Å². The molecule has 16 heavy (non-hydrogen) atoms. The smallest absolute Gasteiger partial charge is 0.253 e. The fourth-order valence-corrected chi connectivity index (χ4v) is 2.30. The number of rotatable bonds is 4. The summed E-state index contributed by atoms with van der Waals surface area (Å²) in [7, 11) is 0. The van der Waals surface area contributed by atoms with E-state index in [0.29, 0.717) is 16.5 Å². The monoisotopic (exact) mass is 304 g/mol. The fourth-order valence-electron chi connectivity index (χ4n) is 1.19. The van der Waals surface area contributed by atoms with Gasteiger partial charge >= 0.3 is 0 Å². The van der Waals surface area contributed by atoms with Crippen molar-refractivity contribution in [1.29, 1.82) is 0 Å². The van der Waals surface area contributed by atoms with Crippen molar-refractivity contribution in [1.82, 2.24) is 10.3 Å². The van der Waals surface area contributed by atoms with E-state index in [9.17, 15) is 4.79 Å². The highest BCUT2D eigenvalue weighted by Crippen LogP contribution is 2.14. The van der Waals surface area contributed by atoms with Gasteiger partial charge < -0.3 is 5.32 Å². The molecule has 3 nitrogen and oxygen atoms in total. The van der Waals surface area contributed by atoms with Gasteiger partial charge in [0.25, 0.3) is 5.91 Å². The quantitative estimate of drug-likeness (QED) is 0.869. The van der Waals surface area contributed by atoms with Gasteiger partial charge in [-0.25, -0.2) is 0 Å². The lowest BCUT2D eigenvalue weighted by Crippen LogP contribution is -2.39. The van der Waals surface area contributed by atoms with E-state index >= 15 is 0 Å². The number of alkyl halides is 1. The summed E-state index contributed by atoms with van der Waals surface area (Å²) in [6.45, 7) is 4.11. The van der Waals surface area contributed by atoms with Crippen LogP contribution < -0.4 is 5.32 Å². The molecule has 0 fully saturated rings. The molecule has 1 N–H and O–H groups in total. The second-order valence-corrected chi connectivity index (χ2v) is 4.89. The van der Waals surface area contributed by atoms with Crippen molar-refractivity contribution in [3.05, 3.63) is 29.0 Å². The summed E-state index contributed by atoms with van der Waals surface area (Å²) in [6.07, 6.45) is 3.02. The van der Waals surface area contributed by atoms with Crippen LogP contribution in [-0.4, -0.2) is 22.3 Å². The summed E-state index contributed by atoms with van der Waals surface area (Å²) in [5.74, 6) is 0.203. The summed E-state index contributed by atoms with van der Waals surface area (Å²) < 4.78 is 0. The summed E-state index contributed by atoms with van der Waals surface area (Å²) in [6, 6.07) is 1.71. The van der Waals surface area contributed by atoms with E-state index in [4.69, 9.17) is 11.6 Å². The third-order valence-electron chi connectivity index (χ3n) is 2.30. The van der Waals surface area contributed by atoms with Gasteiger partial charge in [0.05, 0.1) is 10.6 Å². The van der Waals surface area contributed by atoms with Crippen LogP contribution in [0, 0.1) is 5.92 Å². The zero-order valence-corrected chi connectivity index (χ0v) is 11.5. The predicted octanol–water partition coefficient (Wildman–Crippen LogP) is 2.88. The number of hydrogen-bond acceptors (Lipinski definition) is 2. The minimum atomic E-state index is -0.162. The third kappa shape index (κ3) is 3.46. The van der Waals surface area contributed by atoms with Crippen LogP contribution in [0.4, 0.5) is 0 Å². The third-order valence-corrected chi connectivity index (χ3v) is 3.30. The summed E-state index contributed by atoms with van der Waals surface area (Å²) in [4.78, 5) is 15.7. The number of amides is 1. The van der Waals surface area contributed by atoms with Gasteiger partial charge in [-0.1, -0.05) is 41.4 Å². The molecule has 88 valence electrons. The maximum atomic E-state index is 11.9. The summed E-state index contributed by atoms with van der Waals surface area (Å²) >= 11 is 9.27. The van der Waals surface area contributed by atoms with E-state index in [2.05, 4.69) is 40.1 Å². The Kier molecular flexibility index (Phi) is 5.22. The molecule has 1 aromatic heterocycles. The lowest BCUT2D eigenvalue weighted by molar-refractivity contribution is 0.0932. The molecular weight excluding hydrogens is 291 g/mol. The number of nitrogens with zero attached hydrogens (tertiary/aromatic N) is 1. The van der Waals surface area contributed by atoms with E-state index in [1.54, 1.807) is 12.3 Å². The second-order valence-electron chi connectivity index (χ2n) is 3.83.